The molecule has 0 aliphatic carbocycles. The van der Waals surface area contributed by atoms with Gasteiger partial charge in [-0.05, 0) is 167 Å². The Morgan fingerprint density at radius 2 is 0.435 bits per heavy atom. The summed E-state index contributed by atoms with van der Waals surface area (Å²) in [6, 6.07) is 0. The number of phosphoric ester groups is 2. The molecule has 5 unspecified atom stereocenters. The molecule has 0 spiro atoms. The van der Waals surface area contributed by atoms with Crippen LogP contribution >= 0.6 is 15.6 Å². The van der Waals surface area contributed by atoms with Gasteiger partial charge in [-0.25, -0.2) is 9.13 Å². The predicted octanol–water partition coefficient (Wildman–Crippen LogP) is 27.2. The van der Waals surface area contributed by atoms with Crippen molar-refractivity contribution in [2.75, 3.05) is 39.6 Å². The molecule has 0 radical (unpaired) electrons. The summed E-state index contributed by atoms with van der Waals surface area (Å²) in [6.07, 6.45) is 117. The normalized spacial score (nSPS) is 14.8. The van der Waals surface area contributed by atoms with Gasteiger partial charge in [-0.15, -0.1) is 0 Å². The standard InChI is InChI=1S/C97H158O16P2/c1-4-7-10-13-16-19-22-25-28-31-34-37-39-40-41-42-43-44-45-46-47-48-49-50-52-55-56-59-62-65-68-71-74-77-80-83-95(100)107-86-92(98)87-109-114(103,104)110-88-93(99)89-111-115(105,106)112-91-94(113-97(102)85-82-79-76-73-70-67-64-61-58-53-36-33-30-27-24-21-18-15-12-9-6-3)90-108-96(101)84-81-78-75-72-69-66-63-60-57-54-51-38-35-32-29-26-23-20-17-14-11-8-5-2/h7-12,16-21,25-30,34-38,40-41,43-44,53-54,57,61,63-64,66,92-94,98-99H,4-6,13-15,22-24,31-33,39,42,45-52,55-56,58-60,62,65,67-91H2,1-3H3,(H,103,104)(H,105,106)/b10-7-,11-8-,12-9-,19-16-,20-17-,21-18-,28-25-,29-26-,30-27-,37-34-,38-35-,41-40-,44-43-,53-36-,57-54-,64-61-,66-63-. The lowest BCUT2D eigenvalue weighted by Crippen LogP contribution is -2.30. The minimum Gasteiger partial charge on any atom is -0.463 e. The van der Waals surface area contributed by atoms with Gasteiger partial charge in [0.2, 0.25) is 0 Å². The average Bonchev–Trinajstić information content (AvgIpc) is 0.901. The number of aliphatic hydroxyl groups excluding tert-OH is 2. The molecular formula is C97H158O16P2. The van der Waals surface area contributed by atoms with Crippen molar-refractivity contribution in [3.63, 3.8) is 0 Å². The summed E-state index contributed by atoms with van der Waals surface area (Å²) in [5.41, 5.74) is 0. The van der Waals surface area contributed by atoms with Gasteiger partial charge in [0, 0.05) is 19.3 Å². The van der Waals surface area contributed by atoms with Gasteiger partial charge in [0.25, 0.3) is 0 Å². The third-order valence-corrected chi connectivity index (χ3v) is 19.9. The molecule has 115 heavy (non-hydrogen) atoms. The van der Waals surface area contributed by atoms with Crippen LogP contribution in [-0.4, -0.2) is 95.9 Å². The van der Waals surface area contributed by atoms with E-state index >= 15 is 0 Å². The van der Waals surface area contributed by atoms with E-state index in [1.54, 1.807) is 0 Å². The number of hydrogen-bond acceptors (Lipinski definition) is 14. The van der Waals surface area contributed by atoms with Gasteiger partial charge in [-0.3, -0.25) is 32.5 Å². The maximum atomic E-state index is 13.0. The molecule has 0 rings (SSSR count). The largest absolute Gasteiger partial charge is 0.472 e. The Bertz CT molecular complexity index is 2920. The van der Waals surface area contributed by atoms with Crippen molar-refractivity contribution in [3.8, 4) is 0 Å². The molecule has 0 aliphatic heterocycles. The van der Waals surface area contributed by atoms with E-state index in [4.69, 9.17) is 32.3 Å². The van der Waals surface area contributed by atoms with Gasteiger partial charge in [0.15, 0.2) is 6.10 Å². The molecule has 0 aromatic rings. The summed E-state index contributed by atoms with van der Waals surface area (Å²) in [7, 11) is -9.83. The number of rotatable bonds is 82. The van der Waals surface area contributed by atoms with E-state index < -0.39 is 91.5 Å². The topological polar surface area (TPSA) is 231 Å². The lowest BCUT2D eigenvalue weighted by molar-refractivity contribution is -0.161. The lowest BCUT2D eigenvalue weighted by Gasteiger charge is -2.21. The van der Waals surface area contributed by atoms with E-state index in [-0.39, 0.29) is 19.3 Å². The molecule has 0 bridgehead atoms. The second-order valence-corrected chi connectivity index (χ2v) is 31.8. The molecule has 16 nitrogen and oxygen atoms in total. The second kappa shape index (κ2) is 87.4. The molecule has 652 valence electrons. The van der Waals surface area contributed by atoms with Crippen molar-refractivity contribution in [3.05, 3.63) is 207 Å². The molecule has 0 aromatic carbocycles. The van der Waals surface area contributed by atoms with E-state index in [1.165, 1.54) is 83.5 Å². The van der Waals surface area contributed by atoms with Crippen LogP contribution in [0.5, 0.6) is 0 Å². The Labute approximate surface area is 699 Å². The maximum Gasteiger partial charge on any atom is 0.472 e. The smallest absolute Gasteiger partial charge is 0.463 e. The number of allylic oxidation sites excluding steroid dienone is 34. The molecule has 0 aromatic heterocycles. The summed E-state index contributed by atoms with van der Waals surface area (Å²) in [5.74, 6) is -1.63. The van der Waals surface area contributed by atoms with Gasteiger partial charge in [-0.1, -0.05) is 349 Å². The van der Waals surface area contributed by atoms with Gasteiger partial charge >= 0.3 is 33.6 Å². The maximum absolute atomic E-state index is 13.0. The van der Waals surface area contributed by atoms with Crippen molar-refractivity contribution in [2.45, 2.75) is 347 Å². The monoisotopic (exact) mass is 1640 g/mol. The van der Waals surface area contributed by atoms with Gasteiger partial charge in [-0.2, -0.15) is 0 Å². The third kappa shape index (κ3) is 88.8. The zero-order chi connectivity index (χ0) is 83.6. The number of phosphoric acid groups is 2. The molecular weight excluding hydrogens is 1480 g/mol. The number of carbonyl (C=O) groups excluding carboxylic acids is 3. The van der Waals surface area contributed by atoms with Crippen LogP contribution in [0.1, 0.15) is 329 Å². The van der Waals surface area contributed by atoms with Crippen LogP contribution in [0, 0.1) is 0 Å². The van der Waals surface area contributed by atoms with E-state index in [9.17, 15) is 43.5 Å². The van der Waals surface area contributed by atoms with Gasteiger partial charge < -0.3 is 34.2 Å². The first-order valence-corrected chi connectivity index (χ1v) is 47.4. The molecule has 4 N–H and O–H groups in total. The molecule has 0 saturated carbocycles. The first kappa shape index (κ1) is 109. The van der Waals surface area contributed by atoms with Crippen LogP contribution in [0.25, 0.3) is 0 Å². The van der Waals surface area contributed by atoms with Crippen LogP contribution < -0.4 is 0 Å². The van der Waals surface area contributed by atoms with E-state index in [2.05, 4.69) is 227 Å². The Morgan fingerprint density at radius 1 is 0.243 bits per heavy atom. The Kier molecular flexibility index (Phi) is 83.0. The third-order valence-electron chi connectivity index (χ3n) is 18.0. The number of carbonyl (C=O) groups is 3. The van der Waals surface area contributed by atoms with Crippen molar-refractivity contribution in [1.29, 1.82) is 0 Å². The Hall–Kier alpha value is -5.87. The molecule has 0 amide bonds. The van der Waals surface area contributed by atoms with Crippen LogP contribution in [0.3, 0.4) is 0 Å². The van der Waals surface area contributed by atoms with E-state index in [0.29, 0.717) is 19.3 Å². The average molecular weight is 1640 g/mol. The number of unbranched alkanes of at least 4 members (excludes halogenated alkanes) is 25. The predicted molar refractivity (Wildman–Crippen MR) is 481 cm³/mol. The second-order valence-electron chi connectivity index (χ2n) is 28.9. The van der Waals surface area contributed by atoms with Gasteiger partial charge in [0.05, 0.1) is 26.4 Å². The Balaban J connectivity index is 4.58. The summed E-state index contributed by atoms with van der Waals surface area (Å²) in [4.78, 5) is 58.9. The fourth-order valence-electron chi connectivity index (χ4n) is 11.4. The van der Waals surface area contributed by atoms with Crippen molar-refractivity contribution < 1.29 is 75.8 Å². The first-order chi connectivity index (χ1) is 56.2. The fraction of sp³-hybridized carbons (Fsp3) is 0.619. The molecule has 18 heteroatoms. The number of esters is 3. The minimum absolute atomic E-state index is 0.0684. The summed E-state index contributed by atoms with van der Waals surface area (Å²) >= 11 is 0. The highest BCUT2D eigenvalue weighted by Gasteiger charge is 2.29. The summed E-state index contributed by atoms with van der Waals surface area (Å²) in [6.45, 7) is 2.29. The number of ether oxygens (including phenoxy) is 3. The van der Waals surface area contributed by atoms with Crippen LogP contribution in [-0.2, 0) is 55.8 Å². The molecule has 0 saturated heterocycles. The van der Waals surface area contributed by atoms with Gasteiger partial charge in [0.1, 0.15) is 25.4 Å². The van der Waals surface area contributed by atoms with Crippen LogP contribution in [0.15, 0.2) is 207 Å². The summed E-state index contributed by atoms with van der Waals surface area (Å²) < 4.78 is 61.3. The zero-order valence-electron chi connectivity index (χ0n) is 71.6. The minimum atomic E-state index is -4.96. The highest BCUT2D eigenvalue weighted by atomic mass is 31.2. The molecule has 5 atom stereocenters. The molecule has 0 aliphatic rings. The van der Waals surface area contributed by atoms with E-state index in [0.717, 1.165) is 186 Å². The quantitative estimate of drug-likeness (QED) is 0.0146. The van der Waals surface area contributed by atoms with Crippen LogP contribution in [0.2, 0.25) is 0 Å². The Morgan fingerprint density at radius 3 is 0.687 bits per heavy atom. The number of aliphatic hydroxyl groups is 2. The first-order valence-electron chi connectivity index (χ1n) is 44.4. The van der Waals surface area contributed by atoms with Crippen molar-refractivity contribution in [1.82, 2.24) is 0 Å². The molecule has 0 fully saturated rings. The van der Waals surface area contributed by atoms with E-state index in [1.807, 2.05) is 0 Å². The highest BCUT2D eigenvalue weighted by molar-refractivity contribution is 7.47. The SMILES string of the molecule is CC/C=C\C/C=C\C/C=C\C/C=C\C/C=C\C/C=C\CCCCCCCCCCCCCCCCCCC(=O)OCC(O)COP(=O)(O)OCC(O)COP(=O)(O)OCC(COC(=O)CCCCCC/C=C\C/C=C\C/C=C\C/C=C\C/C=C\C/C=C\CC)OC(=O)CCCCCCC/C=C\C/C=C\C/C=C\C/C=C\C/C=C\CC. The van der Waals surface area contributed by atoms with Crippen molar-refractivity contribution >= 4 is 33.6 Å². The number of hydrogen-bond donors (Lipinski definition) is 4. The van der Waals surface area contributed by atoms with Crippen molar-refractivity contribution in [2.24, 2.45) is 0 Å². The summed E-state index contributed by atoms with van der Waals surface area (Å²) in [5, 5.41) is 20.7. The zero-order valence-corrected chi connectivity index (χ0v) is 73.4. The fourth-order valence-corrected chi connectivity index (χ4v) is 13.0. The molecule has 0 heterocycles. The highest BCUT2D eigenvalue weighted by Crippen LogP contribution is 2.45. The lowest BCUT2D eigenvalue weighted by atomic mass is 10.0. The van der Waals surface area contributed by atoms with Crippen LogP contribution in [0.4, 0.5) is 0 Å².